The van der Waals surface area contributed by atoms with Crippen LogP contribution in [0.4, 0.5) is 0 Å². The van der Waals surface area contributed by atoms with Crippen LogP contribution in [0.25, 0.3) is 0 Å². The Morgan fingerprint density at radius 2 is 1.19 bits per heavy atom. The monoisotopic (exact) mass is 222 g/mol. The van der Waals surface area contributed by atoms with Crippen LogP contribution in [0.2, 0.25) is 0 Å². The largest absolute Gasteiger partial charge is 0.0917 e. The van der Waals surface area contributed by atoms with Gasteiger partial charge >= 0.3 is 0 Å². The van der Waals surface area contributed by atoms with E-state index in [-0.39, 0.29) is 0 Å². The molecule has 0 nitrogen and oxygen atoms in total. The van der Waals surface area contributed by atoms with Crippen LogP contribution in [-0.2, 0) is 0 Å². The zero-order valence-electron chi connectivity index (χ0n) is 11.2. The highest BCUT2D eigenvalue weighted by Gasteiger charge is 2.07. The molecule has 1 aliphatic carbocycles. The number of hydrogen-bond acceptors (Lipinski definition) is 0. The van der Waals surface area contributed by atoms with Crippen molar-refractivity contribution in [1.82, 2.24) is 0 Å². The number of hydrogen-bond donors (Lipinski definition) is 0. The summed E-state index contributed by atoms with van der Waals surface area (Å²) in [5, 5.41) is 0. The topological polar surface area (TPSA) is 0 Å². The Hall–Kier alpha value is -0.260. The molecule has 0 aromatic heterocycles. The minimum Gasteiger partial charge on any atom is -0.0917 e. The van der Waals surface area contributed by atoms with Crippen LogP contribution >= 0.6 is 0 Å². The van der Waals surface area contributed by atoms with Gasteiger partial charge in [0.2, 0.25) is 0 Å². The second-order valence-electron chi connectivity index (χ2n) is 5.43. The Balaban J connectivity index is 2.24. The van der Waals surface area contributed by atoms with Crippen LogP contribution in [0.1, 0.15) is 84.0 Å². The Morgan fingerprint density at radius 3 is 1.62 bits per heavy atom. The predicted molar refractivity (Wildman–Crippen MR) is 73.7 cm³/mol. The molecule has 94 valence electrons. The van der Waals surface area contributed by atoms with Gasteiger partial charge in [-0.2, -0.15) is 0 Å². The molecule has 1 saturated carbocycles. The highest BCUT2D eigenvalue weighted by Crippen LogP contribution is 2.23. The molecular formula is C16H30. The second-order valence-corrected chi connectivity index (χ2v) is 5.43. The van der Waals surface area contributed by atoms with Gasteiger partial charge < -0.3 is 0 Å². The van der Waals surface area contributed by atoms with Crippen LogP contribution in [0.3, 0.4) is 0 Å². The maximum atomic E-state index is 2.37. The summed E-state index contributed by atoms with van der Waals surface area (Å²) in [5.74, 6) is 0.982. The lowest BCUT2D eigenvalue weighted by Crippen LogP contribution is -2.00. The smallest absolute Gasteiger partial charge is 0.0322 e. The molecule has 1 aliphatic rings. The zero-order valence-corrected chi connectivity index (χ0v) is 11.2. The highest BCUT2D eigenvalue weighted by atomic mass is 14.1. The first-order valence-corrected chi connectivity index (χ1v) is 7.54. The fraction of sp³-hybridized carbons (Fsp3) is 0.875. The predicted octanol–water partition coefficient (Wildman–Crippen LogP) is 5.87. The van der Waals surface area contributed by atoms with E-state index < -0.39 is 0 Å². The molecule has 0 amide bonds. The van der Waals surface area contributed by atoms with Crippen molar-refractivity contribution in [2.75, 3.05) is 0 Å². The summed E-state index contributed by atoms with van der Waals surface area (Å²) in [6.45, 7) is 2.15. The zero-order chi connectivity index (χ0) is 11.5. The van der Waals surface area contributed by atoms with Crippen molar-refractivity contribution in [3.8, 4) is 0 Å². The van der Waals surface area contributed by atoms with Gasteiger partial charge in [-0.25, -0.2) is 0 Å². The fourth-order valence-electron chi connectivity index (χ4n) is 2.81. The van der Waals surface area contributed by atoms with E-state index in [0.717, 1.165) is 5.92 Å². The van der Waals surface area contributed by atoms with Crippen molar-refractivity contribution in [3.05, 3.63) is 12.2 Å². The summed E-state index contributed by atoms with van der Waals surface area (Å²) < 4.78 is 0. The van der Waals surface area contributed by atoms with Crippen LogP contribution < -0.4 is 0 Å². The Labute approximate surface area is 103 Å². The van der Waals surface area contributed by atoms with Gasteiger partial charge in [0.15, 0.2) is 0 Å². The lowest BCUT2D eigenvalue weighted by molar-refractivity contribution is 0.397. The van der Waals surface area contributed by atoms with Gasteiger partial charge in [-0.05, 0) is 19.3 Å². The van der Waals surface area contributed by atoms with E-state index in [1.165, 1.54) is 77.0 Å². The van der Waals surface area contributed by atoms with E-state index in [9.17, 15) is 0 Å². The van der Waals surface area contributed by atoms with Crippen LogP contribution in [0, 0.1) is 5.92 Å². The molecule has 0 bridgehead atoms. The molecule has 0 aromatic carbocycles. The Morgan fingerprint density at radius 1 is 0.750 bits per heavy atom. The Kier molecular flexibility index (Phi) is 8.57. The first kappa shape index (κ1) is 13.8. The summed E-state index contributed by atoms with van der Waals surface area (Å²) in [7, 11) is 0. The molecule has 0 N–H and O–H groups in total. The molecular weight excluding hydrogens is 192 g/mol. The molecule has 0 atom stereocenters. The normalized spacial score (nSPS) is 22.8. The molecule has 0 heterocycles. The lowest BCUT2D eigenvalue weighted by Gasteiger charge is -2.16. The van der Waals surface area contributed by atoms with E-state index in [2.05, 4.69) is 19.1 Å². The van der Waals surface area contributed by atoms with Gasteiger partial charge in [0.25, 0.3) is 0 Å². The van der Waals surface area contributed by atoms with E-state index in [4.69, 9.17) is 0 Å². The van der Waals surface area contributed by atoms with Crippen LogP contribution in [0.5, 0.6) is 0 Å². The van der Waals surface area contributed by atoms with Gasteiger partial charge in [0, 0.05) is 0 Å². The van der Waals surface area contributed by atoms with Crippen molar-refractivity contribution in [2.45, 2.75) is 84.0 Å². The van der Waals surface area contributed by atoms with Crippen molar-refractivity contribution in [3.63, 3.8) is 0 Å². The molecule has 0 spiro atoms. The van der Waals surface area contributed by atoms with Gasteiger partial charge in [0.05, 0.1) is 0 Å². The van der Waals surface area contributed by atoms with Crippen molar-refractivity contribution in [1.29, 1.82) is 0 Å². The SMILES string of the molecule is C/C=C/CC1CCCCCCCCCCC1. The lowest BCUT2D eigenvalue weighted by atomic mass is 9.90. The van der Waals surface area contributed by atoms with Crippen molar-refractivity contribution < 1.29 is 0 Å². The first-order valence-electron chi connectivity index (χ1n) is 7.54. The third kappa shape index (κ3) is 7.09. The second kappa shape index (κ2) is 9.93. The standard InChI is InChI=1S/C16H30/c1-2-3-13-16-14-11-9-7-5-4-6-8-10-12-15-16/h2-3,16H,4-15H2,1H3/b3-2+. The quantitative estimate of drug-likeness (QED) is 0.512. The molecule has 16 heavy (non-hydrogen) atoms. The summed E-state index contributed by atoms with van der Waals surface area (Å²) in [6, 6.07) is 0. The minimum absolute atomic E-state index is 0.982. The summed E-state index contributed by atoms with van der Waals surface area (Å²) >= 11 is 0. The molecule has 0 saturated heterocycles. The summed E-state index contributed by atoms with van der Waals surface area (Å²) in [4.78, 5) is 0. The third-order valence-corrected chi connectivity index (χ3v) is 3.93. The fourth-order valence-corrected chi connectivity index (χ4v) is 2.81. The number of rotatable bonds is 2. The van der Waals surface area contributed by atoms with E-state index in [0.29, 0.717) is 0 Å². The molecule has 0 aliphatic heterocycles. The molecule has 0 heteroatoms. The maximum Gasteiger partial charge on any atom is -0.0322 e. The van der Waals surface area contributed by atoms with Crippen molar-refractivity contribution in [2.24, 2.45) is 5.92 Å². The maximum absolute atomic E-state index is 2.37. The average Bonchev–Trinajstić information content (AvgIpc) is 2.28. The van der Waals surface area contributed by atoms with Gasteiger partial charge in [0.1, 0.15) is 0 Å². The van der Waals surface area contributed by atoms with E-state index >= 15 is 0 Å². The minimum atomic E-state index is 0.982. The van der Waals surface area contributed by atoms with Crippen molar-refractivity contribution >= 4 is 0 Å². The van der Waals surface area contributed by atoms with Gasteiger partial charge in [-0.15, -0.1) is 0 Å². The molecule has 0 unspecified atom stereocenters. The van der Waals surface area contributed by atoms with E-state index in [1.54, 1.807) is 0 Å². The third-order valence-electron chi connectivity index (χ3n) is 3.93. The average molecular weight is 222 g/mol. The van der Waals surface area contributed by atoms with Gasteiger partial charge in [-0.3, -0.25) is 0 Å². The molecule has 0 radical (unpaired) electrons. The first-order chi connectivity index (χ1) is 7.93. The molecule has 0 aromatic rings. The van der Waals surface area contributed by atoms with Gasteiger partial charge in [-0.1, -0.05) is 82.8 Å². The summed E-state index contributed by atoms with van der Waals surface area (Å²) in [6.07, 6.45) is 22.2. The van der Waals surface area contributed by atoms with Crippen LogP contribution in [0.15, 0.2) is 12.2 Å². The Bertz CT molecular complexity index is 157. The summed E-state index contributed by atoms with van der Waals surface area (Å²) in [5.41, 5.74) is 0. The molecule has 1 fully saturated rings. The van der Waals surface area contributed by atoms with E-state index in [1.807, 2.05) is 0 Å². The highest BCUT2D eigenvalue weighted by molar-refractivity contribution is 4.80. The van der Waals surface area contributed by atoms with Crippen LogP contribution in [-0.4, -0.2) is 0 Å². The molecule has 1 rings (SSSR count). The number of allylic oxidation sites excluding steroid dienone is 2.